The molecule has 2 rings (SSSR count). The lowest BCUT2D eigenvalue weighted by Gasteiger charge is -2.21. The van der Waals surface area contributed by atoms with Crippen LogP contribution in [0.3, 0.4) is 0 Å². The zero-order chi connectivity index (χ0) is 17.5. The van der Waals surface area contributed by atoms with Gasteiger partial charge in [0.25, 0.3) is 5.56 Å². The van der Waals surface area contributed by atoms with E-state index < -0.39 is 11.2 Å². The molecule has 1 aliphatic carbocycles. The van der Waals surface area contributed by atoms with Crippen LogP contribution in [0.2, 0.25) is 0 Å². The van der Waals surface area contributed by atoms with Crippen LogP contribution in [0.5, 0.6) is 0 Å². The predicted octanol–water partition coefficient (Wildman–Crippen LogP) is 2.48. The van der Waals surface area contributed by atoms with Gasteiger partial charge in [-0.25, -0.2) is 4.79 Å². The molecule has 0 unspecified atom stereocenters. The maximum Gasteiger partial charge on any atom is 0.328 e. The van der Waals surface area contributed by atoms with Crippen molar-refractivity contribution in [1.29, 1.82) is 0 Å². The van der Waals surface area contributed by atoms with Crippen molar-refractivity contribution in [3.8, 4) is 0 Å². The molecule has 6 heteroatoms. The van der Waals surface area contributed by atoms with Crippen molar-refractivity contribution >= 4 is 5.91 Å². The smallest absolute Gasteiger partial charge is 0.328 e. The highest BCUT2D eigenvalue weighted by Gasteiger charge is 2.14. The van der Waals surface area contributed by atoms with Crippen LogP contribution < -0.4 is 16.6 Å². The van der Waals surface area contributed by atoms with Gasteiger partial charge in [0.2, 0.25) is 5.91 Å². The normalized spacial score (nSPS) is 15.6. The summed E-state index contributed by atoms with van der Waals surface area (Å²) in [6.07, 6.45) is 10.7. The predicted molar refractivity (Wildman–Crippen MR) is 94.0 cm³/mol. The van der Waals surface area contributed by atoms with E-state index in [4.69, 9.17) is 0 Å². The summed E-state index contributed by atoms with van der Waals surface area (Å²) in [6.45, 7) is 3.89. The van der Waals surface area contributed by atoms with Crippen LogP contribution in [-0.4, -0.2) is 15.5 Å². The summed E-state index contributed by atoms with van der Waals surface area (Å²) >= 11 is 0. The third-order valence-corrected chi connectivity index (χ3v) is 4.81. The van der Waals surface area contributed by atoms with E-state index in [9.17, 15) is 14.4 Å². The largest absolute Gasteiger partial charge is 0.352 e. The Bertz CT molecular complexity index is 654. The molecule has 24 heavy (non-hydrogen) atoms. The zero-order valence-electron chi connectivity index (χ0n) is 14.8. The number of H-pyrrole nitrogens is 1. The van der Waals surface area contributed by atoms with Gasteiger partial charge >= 0.3 is 5.69 Å². The second kappa shape index (κ2) is 8.85. The van der Waals surface area contributed by atoms with E-state index in [1.54, 1.807) is 0 Å². The quantitative estimate of drug-likeness (QED) is 0.803. The summed E-state index contributed by atoms with van der Waals surface area (Å²) < 4.78 is 1.46. The van der Waals surface area contributed by atoms with Crippen LogP contribution in [0.25, 0.3) is 0 Å². The third-order valence-electron chi connectivity index (χ3n) is 4.81. The molecule has 6 nitrogen and oxygen atoms in total. The van der Waals surface area contributed by atoms with E-state index >= 15 is 0 Å². The Morgan fingerprint density at radius 3 is 2.67 bits per heavy atom. The van der Waals surface area contributed by atoms with E-state index in [1.807, 2.05) is 13.8 Å². The van der Waals surface area contributed by atoms with Crippen LogP contribution in [0, 0.1) is 5.92 Å². The van der Waals surface area contributed by atoms with E-state index in [-0.39, 0.29) is 18.5 Å². The molecule has 134 valence electrons. The molecule has 1 heterocycles. The average Bonchev–Trinajstić information content (AvgIpc) is 2.54. The Balaban J connectivity index is 1.80. The van der Waals surface area contributed by atoms with Gasteiger partial charge < -0.3 is 5.32 Å². The van der Waals surface area contributed by atoms with Gasteiger partial charge in [-0.2, -0.15) is 0 Å². The minimum atomic E-state index is -0.431. The lowest BCUT2D eigenvalue weighted by Crippen LogP contribution is -2.35. The van der Waals surface area contributed by atoms with Gasteiger partial charge in [0.15, 0.2) is 0 Å². The second-order valence-corrected chi connectivity index (χ2v) is 7.09. The summed E-state index contributed by atoms with van der Waals surface area (Å²) in [7, 11) is 0. The Labute approximate surface area is 142 Å². The summed E-state index contributed by atoms with van der Waals surface area (Å²) in [5.41, 5.74) is -0.444. The van der Waals surface area contributed by atoms with Crippen molar-refractivity contribution in [3.05, 3.63) is 32.6 Å². The fraction of sp³-hybridized carbons (Fsp3) is 0.722. The first-order valence-electron chi connectivity index (χ1n) is 9.08. The maximum atomic E-state index is 12.0. The molecule has 1 amide bonds. The Kier molecular flexibility index (Phi) is 6.82. The molecule has 0 atom stereocenters. The molecule has 1 saturated carbocycles. The first kappa shape index (κ1) is 18.5. The van der Waals surface area contributed by atoms with Crippen LogP contribution >= 0.6 is 0 Å². The fourth-order valence-corrected chi connectivity index (χ4v) is 3.35. The lowest BCUT2D eigenvalue weighted by atomic mass is 9.86. The van der Waals surface area contributed by atoms with Crippen LogP contribution in [0.4, 0.5) is 0 Å². The van der Waals surface area contributed by atoms with Gasteiger partial charge in [-0.05, 0) is 32.6 Å². The average molecular weight is 335 g/mol. The fourth-order valence-electron chi connectivity index (χ4n) is 3.35. The molecule has 1 fully saturated rings. The summed E-state index contributed by atoms with van der Waals surface area (Å²) in [6, 6.07) is -0.0423. The number of rotatable bonds is 7. The number of nitrogens with zero attached hydrogens (tertiary/aromatic N) is 1. The molecular formula is C18H29N3O3. The van der Waals surface area contributed by atoms with Gasteiger partial charge in [0.05, 0.1) is 5.56 Å². The highest BCUT2D eigenvalue weighted by molar-refractivity contribution is 5.75. The van der Waals surface area contributed by atoms with Gasteiger partial charge in [0, 0.05) is 25.2 Å². The molecule has 1 aromatic heterocycles. The van der Waals surface area contributed by atoms with Crippen molar-refractivity contribution in [2.45, 2.75) is 77.8 Å². The molecule has 0 aliphatic heterocycles. The summed E-state index contributed by atoms with van der Waals surface area (Å²) in [4.78, 5) is 37.8. The van der Waals surface area contributed by atoms with Gasteiger partial charge in [-0.15, -0.1) is 0 Å². The summed E-state index contributed by atoms with van der Waals surface area (Å²) in [5.74, 6) is 0.747. The Hall–Kier alpha value is -1.85. The zero-order valence-corrected chi connectivity index (χ0v) is 14.8. The molecule has 0 bridgehead atoms. The minimum absolute atomic E-state index is 0.0347. The van der Waals surface area contributed by atoms with E-state index in [0.717, 1.165) is 18.8 Å². The number of aromatic nitrogens is 2. The van der Waals surface area contributed by atoms with E-state index in [2.05, 4.69) is 10.3 Å². The molecular weight excluding hydrogens is 306 g/mol. The number of amides is 1. The van der Waals surface area contributed by atoms with Crippen molar-refractivity contribution in [1.82, 2.24) is 14.9 Å². The molecule has 1 aliphatic rings. The maximum absolute atomic E-state index is 12.0. The third kappa shape index (κ3) is 5.35. The molecule has 0 aromatic carbocycles. The van der Waals surface area contributed by atoms with E-state index in [1.165, 1.54) is 42.9 Å². The first-order valence-corrected chi connectivity index (χ1v) is 9.08. The number of hydrogen-bond acceptors (Lipinski definition) is 3. The highest BCUT2D eigenvalue weighted by Crippen LogP contribution is 2.27. The molecule has 2 N–H and O–H groups in total. The Morgan fingerprint density at radius 1 is 1.29 bits per heavy atom. The topological polar surface area (TPSA) is 84.0 Å². The van der Waals surface area contributed by atoms with Crippen LogP contribution in [-0.2, 0) is 11.3 Å². The SMILES string of the molecule is CC(C)n1cc(CNC(=O)CCCC2CCCCC2)c(=O)[nH]c1=O. The summed E-state index contributed by atoms with van der Waals surface area (Å²) in [5, 5.41) is 2.79. The number of aromatic amines is 1. The second-order valence-electron chi connectivity index (χ2n) is 7.09. The number of carbonyl (C=O) groups is 1. The number of nitrogens with one attached hydrogen (secondary N) is 2. The van der Waals surface area contributed by atoms with Crippen molar-refractivity contribution in [2.24, 2.45) is 5.92 Å². The first-order chi connectivity index (χ1) is 11.5. The van der Waals surface area contributed by atoms with Gasteiger partial charge in [0.1, 0.15) is 0 Å². The van der Waals surface area contributed by atoms with Crippen molar-refractivity contribution in [2.75, 3.05) is 0 Å². The standard InChI is InChI=1S/C18H29N3O3/c1-13(2)21-12-15(17(23)20-18(21)24)11-19-16(22)10-6-9-14-7-4-3-5-8-14/h12-14H,3-11H2,1-2H3,(H,19,22)(H,20,23,24). The van der Waals surface area contributed by atoms with Crippen LogP contribution in [0.15, 0.2) is 15.8 Å². The molecule has 0 radical (unpaired) electrons. The van der Waals surface area contributed by atoms with Crippen LogP contribution in [0.1, 0.15) is 76.8 Å². The molecule has 0 saturated heterocycles. The number of carbonyl (C=O) groups excluding carboxylic acids is 1. The van der Waals surface area contributed by atoms with E-state index in [0.29, 0.717) is 12.0 Å². The molecule has 1 aromatic rings. The van der Waals surface area contributed by atoms with Crippen molar-refractivity contribution < 1.29 is 4.79 Å². The number of hydrogen-bond donors (Lipinski definition) is 2. The monoisotopic (exact) mass is 335 g/mol. The lowest BCUT2D eigenvalue weighted by molar-refractivity contribution is -0.121. The van der Waals surface area contributed by atoms with Gasteiger partial charge in [-0.3, -0.25) is 19.1 Å². The van der Waals surface area contributed by atoms with Crippen molar-refractivity contribution in [3.63, 3.8) is 0 Å². The Morgan fingerprint density at radius 2 is 2.00 bits per heavy atom. The molecule has 0 spiro atoms. The highest BCUT2D eigenvalue weighted by atomic mass is 16.2. The minimum Gasteiger partial charge on any atom is -0.352 e. The van der Waals surface area contributed by atoms with Gasteiger partial charge in [-0.1, -0.05) is 32.1 Å².